The van der Waals surface area contributed by atoms with Gasteiger partial charge in [-0.3, -0.25) is 0 Å². The predicted molar refractivity (Wildman–Crippen MR) is 75.9 cm³/mol. The van der Waals surface area contributed by atoms with Gasteiger partial charge in [-0.05, 0) is 44.0 Å². The van der Waals surface area contributed by atoms with E-state index in [0.717, 1.165) is 42.8 Å². The Hall–Kier alpha value is -1.88. The zero-order valence-corrected chi connectivity index (χ0v) is 11.8. The van der Waals surface area contributed by atoms with Crippen molar-refractivity contribution in [3.63, 3.8) is 0 Å². The molecule has 1 atom stereocenters. The molecule has 0 bridgehead atoms. The van der Waals surface area contributed by atoms with Gasteiger partial charge < -0.3 is 14.5 Å². The number of methoxy groups -OCH3 is 1. The van der Waals surface area contributed by atoms with Crippen molar-refractivity contribution in [2.45, 2.75) is 19.8 Å². The minimum atomic E-state index is -0.373. The molecule has 5 nitrogen and oxygen atoms in total. The first-order chi connectivity index (χ1) is 9.69. The third-order valence-electron chi connectivity index (χ3n) is 3.87. The summed E-state index contributed by atoms with van der Waals surface area (Å²) in [6, 6.07) is 3.93. The van der Waals surface area contributed by atoms with Crippen molar-refractivity contribution >= 4 is 11.5 Å². The summed E-state index contributed by atoms with van der Waals surface area (Å²) in [5.41, 5.74) is 2.38. The fourth-order valence-electron chi connectivity index (χ4n) is 2.79. The van der Waals surface area contributed by atoms with Crippen LogP contribution < -0.4 is 5.32 Å². The Morgan fingerprint density at radius 1 is 1.55 bits per heavy atom. The first kappa shape index (κ1) is 13.1. The second-order valence-electron chi connectivity index (χ2n) is 5.39. The van der Waals surface area contributed by atoms with Gasteiger partial charge in [0.05, 0.1) is 12.6 Å². The Morgan fingerprint density at radius 2 is 2.40 bits per heavy atom. The lowest BCUT2D eigenvalue weighted by Gasteiger charge is -2.07. The first-order valence-electron chi connectivity index (χ1n) is 6.95. The maximum Gasteiger partial charge on any atom is 0.358 e. The van der Waals surface area contributed by atoms with Crippen LogP contribution in [0.3, 0.4) is 0 Å². The molecule has 1 aliphatic heterocycles. The van der Waals surface area contributed by atoms with Gasteiger partial charge in [-0.25, -0.2) is 9.78 Å². The molecule has 5 heteroatoms. The number of rotatable bonds is 3. The van der Waals surface area contributed by atoms with E-state index in [1.54, 1.807) is 0 Å². The van der Waals surface area contributed by atoms with Crippen molar-refractivity contribution < 1.29 is 9.53 Å². The van der Waals surface area contributed by atoms with Gasteiger partial charge in [-0.1, -0.05) is 6.07 Å². The molecule has 0 spiro atoms. The maximum absolute atomic E-state index is 11.9. The molecule has 1 fully saturated rings. The van der Waals surface area contributed by atoms with Crippen LogP contribution in [0, 0.1) is 12.8 Å². The van der Waals surface area contributed by atoms with Crippen LogP contribution in [0.15, 0.2) is 18.3 Å². The summed E-state index contributed by atoms with van der Waals surface area (Å²) in [5, 5.41) is 3.36. The number of pyridine rings is 1. The highest BCUT2D eigenvalue weighted by molar-refractivity contribution is 5.95. The van der Waals surface area contributed by atoms with Gasteiger partial charge in [0.15, 0.2) is 5.69 Å². The van der Waals surface area contributed by atoms with E-state index >= 15 is 0 Å². The fourth-order valence-corrected chi connectivity index (χ4v) is 2.79. The average Bonchev–Trinajstić information content (AvgIpc) is 3.07. The molecule has 3 rings (SSSR count). The topological polar surface area (TPSA) is 55.6 Å². The van der Waals surface area contributed by atoms with Crippen LogP contribution >= 0.6 is 0 Å². The molecule has 1 N–H and O–H groups in total. The van der Waals surface area contributed by atoms with Gasteiger partial charge in [0.25, 0.3) is 0 Å². The third kappa shape index (κ3) is 2.29. The quantitative estimate of drug-likeness (QED) is 0.863. The molecular formula is C15H19N3O2. The Labute approximate surface area is 118 Å². The molecule has 2 aromatic heterocycles. The van der Waals surface area contributed by atoms with E-state index in [1.165, 1.54) is 7.11 Å². The van der Waals surface area contributed by atoms with Gasteiger partial charge in [0, 0.05) is 12.6 Å². The molecule has 0 radical (unpaired) electrons. The van der Waals surface area contributed by atoms with Crippen LogP contribution in [0.2, 0.25) is 0 Å². The number of esters is 1. The lowest BCUT2D eigenvalue weighted by atomic mass is 10.0. The molecule has 2 aromatic rings. The highest BCUT2D eigenvalue weighted by Crippen LogP contribution is 2.20. The second kappa shape index (κ2) is 5.25. The zero-order valence-electron chi connectivity index (χ0n) is 11.8. The summed E-state index contributed by atoms with van der Waals surface area (Å²) in [6.45, 7) is 4.13. The number of carbonyl (C=O) groups excluding carboxylic acids is 1. The minimum Gasteiger partial charge on any atom is -0.464 e. The number of fused-ring (bicyclic) bond motifs is 1. The van der Waals surface area contributed by atoms with E-state index < -0.39 is 0 Å². The first-order valence-corrected chi connectivity index (χ1v) is 6.95. The molecule has 0 amide bonds. The van der Waals surface area contributed by atoms with Gasteiger partial charge in [-0.15, -0.1) is 0 Å². The van der Waals surface area contributed by atoms with Crippen molar-refractivity contribution in [1.29, 1.82) is 0 Å². The van der Waals surface area contributed by atoms with E-state index in [9.17, 15) is 4.79 Å². The Morgan fingerprint density at radius 3 is 3.10 bits per heavy atom. The summed E-state index contributed by atoms with van der Waals surface area (Å²) >= 11 is 0. The standard InChI is InChI=1S/C15H19N3O2/c1-10-3-4-12-14(15(19)20-2)17-13(18(12)9-10)7-11-5-6-16-8-11/h3-4,9,11,16H,5-8H2,1-2H3. The van der Waals surface area contributed by atoms with Crippen LogP contribution in [0.5, 0.6) is 0 Å². The lowest BCUT2D eigenvalue weighted by molar-refractivity contribution is 0.0596. The van der Waals surface area contributed by atoms with Gasteiger partial charge in [0.2, 0.25) is 0 Å². The second-order valence-corrected chi connectivity index (χ2v) is 5.39. The third-order valence-corrected chi connectivity index (χ3v) is 3.87. The number of ether oxygens (including phenoxy) is 1. The molecule has 0 saturated carbocycles. The number of carbonyl (C=O) groups is 1. The Kier molecular flexibility index (Phi) is 3.44. The monoisotopic (exact) mass is 273 g/mol. The number of nitrogens with zero attached hydrogens (tertiary/aromatic N) is 2. The number of hydrogen-bond donors (Lipinski definition) is 1. The van der Waals surface area contributed by atoms with Gasteiger partial charge in [-0.2, -0.15) is 0 Å². The highest BCUT2D eigenvalue weighted by Gasteiger charge is 2.22. The maximum atomic E-state index is 11.9. The van der Waals surface area contributed by atoms with Crippen molar-refractivity contribution in [2.75, 3.05) is 20.2 Å². The van der Waals surface area contributed by atoms with E-state index in [-0.39, 0.29) is 5.97 Å². The average molecular weight is 273 g/mol. The summed E-state index contributed by atoms with van der Waals surface area (Å²) in [6.07, 6.45) is 4.08. The predicted octanol–water partition coefficient (Wildman–Crippen LogP) is 1.58. The van der Waals surface area contributed by atoms with Crippen LogP contribution in [-0.2, 0) is 11.2 Å². The number of nitrogens with one attached hydrogen (secondary N) is 1. The summed E-state index contributed by atoms with van der Waals surface area (Å²) in [7, 11) is 1.39. The van der Waals surface area contributed by atoms with E-state index in [4.69, 9.17) is 4.74 Å². The molecule has 20 heavy (non-hydrogen) atoms. The Bertz CT molecular complexity index is 642. The number of aromatic nitrogens is 2. The summed E-state index contributed by atoms with van der Waals surface area (Å²) < 4.78 is 6.86. The van der Waals surface area contributed by atoms with Crippen LogP contribution in [0.4, 0.5) is 0 Å². The van der Waals surface area contributed by atoms with E-state index in [0.29, 0.717) is 11.6 Å². The molecule has 1 saturated heterocycles. The molecular weight excluding hydrogens is 254 g/mol. The molecule has 1 aliphatic rings. The number of aryl methyl sites for hydroxylation is 1. The van der Waals surface area contributed by atoms with Crippen LogP contribution in [0.1, 0.15) is 28.3 Å². The molecule has 0 aromatic carbocycles. The fraction of sp³-hybridized carbons (Fsp3) is 0.467. The molecule has 1 unspecified atom stereocenters. The van der Waals surface area contributed by atoms with Gasteiger partial charge >= 0.3 is 5.97 Å². The smallest absolute Gasteiger partial charge is 0.358 e. The summed E-state index contributed by atoms with van der Waals surface area (Å²) in [4.78, 5) is 16.4. The van der Waals surface area contributed by atoms with Crippen molar-refractivity contribution in [3.05, 3.63) is 35.4 Å². The van der Waals surface area contributed by atoms with Crippen molar-refractivity contribution in [2.24, 2.45) is 5.92 Å². The highest BCUT2D eigenvalue weighted by atomic mass is 16.5. The van der Waals surface area contributed by atoms with Gasteiger partial charge in [0.1, 0.15) is 5.82 Å². The van der Waals surface area contributed by atoms with E-state index in [2.05, 4.69) is 10.3 Å². The zero-order chi connectivity index (χ0) is 14.1. The van der Waals surface area contributed by atoms with Crippen molar-refractivity contribution in [3.8, 4) is 0 Å². The largest absolute Gasteiger partial charge is 0.464 e. The Balaban J connectivity index is 2.05. The molecule has 0 aliphatic carbocycles. The van der Waals surface area contributed by atoms with Crippen LogP contribution in [-0.4, -0.2) is 35.6 Å². The van der Waals surface area contributed by atoms with Crippen LogP contribution in [0.25, 0.3) is 5.52 Å². The lowest BCUT2D eigenvalue weighted by Crippen LogP contribution is -2.12. The number of hydrogen-bond acceptors (Lipinski definition) is 4. The SMILES string of the molecule is COC(=O)c1nc(CC2CCNC2)n2cc(C)ccc12. The minimum absolute atomic E-state index is 0.373. The van der Waals surface area contributed by atoms with E-state index in [1.807, 2.05) is 29.7 Å². The van der Waals surface area contributed by atoms with Crippen molar-refractivity contribution in [1.82, 2.24) is 14.7 Å². The normalized spacial score (nSPS) is 18.6. The molecule has 3 heterocycles. The number of imidazole rings is 1. The summed E-state index contributed by atoms with van der Waals surface area (Å²) in [5.74, 6) is 1.16. The molecule has 106 valence electrons.